The van der Waals surface area contributed by atoms with Gasteiger partial charge in [-0.25, -0.2) is 8.42 Å². The van der Waals surface area contributed by atoms with E-state index in [0.29, 0.717) is 30.2 Å². The minimum Gasteiger partial charge on any atom is -0.454 e. The number of hydrogen-bond acceptors (Lipinski definition) is 6. The molecule has 2 aliphatic rings. The van der Waals surface area contributed by atoms with Gasteiger partial charge in [-0.2, -0.15) is 0 Å². The van der Waals surface area contributed by atoms with Crippen molar-refractivity contribution >= 4 is 21.7 Å². The summed E-state index contributed by atoms with van der Waals surface area (Å²) in [6.07, 6.45) is 1.23. The number of benzene rings is 2. The van der Waals surface area contributed by atoms with E-state index in [1.165, 1.54) is 4.90 Å². The first kappa shape index (κ1) is 21.2. The zero-order valence-corrected chi connectivity index (χ0v) is 18.0. The summed E-state index contributed by atoms with van der Waals surface area (Å²) in [5.74, 6) is 0.574. The topological polar surface area (TPSA) is 93.2 Å². The Labute approximate surface area is 181 Å². The highest BCUT2D eigenvalue weighted by Gasteiger charge is 2.35. The molecule has 1 saturated heterocycles. The van der Waals surface area contributed by atoms with Gasteiger partial charge in [-0.3, -0.25) is 9.59 Å². The average molecular weight is 445 g/mol. The number of carbonyl (C=O) groups excluding carboxylic acids is 2. The van der Waals surface area contributed by atoms with Crippen molar-refractivity contribution in [1.29, 1.82) is 0 Å². The first-order chi connectivity index (χ1) is 14.8. The predicted octanol–water partition coefficient (Wildman–Crippen LogP) is 1.36. The molecule has 2 amide bonds. The monoisotopic (exact) mass is 444 g/mol. The van der Waals surface area contributed by atoms with Gasteiger partial charge in [0.15, 0.2) is 21.3 Å². The van der Waals surface area contributed by atoms with Crippen LogP contribution in [0, 0.1) is 0 Å². The summed E-state index contributed by atoms with van der Waals surface area (Å²) in [5.41, 5.74) is 1.28. The van der Waals surface area contributed by atoms with E-state index in [0.717, 1.165) is 11.8 Å². The fourth-order valence-electron chi connectivity index (χ4n) is 3.80. The highest BCUT2D eigenvalue weighted by atomic mass is 32.2. The van der Waals surface area contributed by atoms with Crippen molar-refractivity contribution in [2.45, 2.75) is 11.7 Å². The van der Waals surface area contributed by atoms with Crippen molar-refractivity contribution in [1.82, 2.24) is 9.80 Å². The van der Waals surface area contributed by atoms with Crippen LogP contribution in [-0.4, -0.2) is 74.5 Å². The Bertz CT molecular complexity index is 1080. The maximum atomic E-state index is 13.0. The third-order valence-corrected chi connectivity index (χ3v) is 6.96. The van der Waals surface area contributed by atoms with Crippen molar-refractivity contribution in [3.63, 3.8) is 0 Å². The van der Waals surface area contributed by atoms with Gasteiger partial charge in [-0.1, -0.05) is 30.3 Å². The molecule has 4 rings (SSSR count). The lowest BCUT2D eigenvalue weighted by Gasteiger charge is -2.36. The molecule has 8 nitrogen and oxygen atoms in total. The van der Waals surface area contributed by atoms with Gasteiger partial charge < -0.3 is 19.3 Å². The quantitative estimate of drug-likeness (QED) is 0.691. The van der Waals surface area contributed by atoms with E-state index in [2.05, 4.69) is 0 Å². The van der Waals surface area contributed by atoms with Crippen LogP contribution in [0.3, 0.4) is 0 Å². The van der Waals surface area contributed by atoms with Gasteiger partial charge in [-0.05, 0) is 30.2 Å². The molecule has 0 aromatic heterocycles. The zero-order valence-electron chi connectivity index (χ0n) is 17.2. The number of ether oxygens (including phenoxy) is 2. The van der Waals surface area contributed by atoms with E-state index < -0.39 is 21.0 Å². The molecule has 2 aromatic rings. The Morgan fingerprint density at radius 3 is 2.26 bits per heavy atom. The molecular formula is C22H24N2O6S. The second-order valence-electron chi connectivity index (χ2n) is 7.69. The Morgan fingerprint density at radius 1 is 0.935 bits per heavy atom. The number of nitrogens with zero attached hydrogens (tertiary/aromatic N) is 2. The summed E-state index contributed by atoms with van der Waals surface area (Å²) < 4.78 is 35.3. The van der Waals surface area contributed by atoms with Crippen molar-refractivity contribution in [3.8, 4) is 11.5 Å². The first-order valence-corrected chi connectivity index (χ1v) is 12.0. The molecule has 0 saturated carbocycles. The van der Waals surface area contributed by atoms with E-state index in [4.69, 9.17) is 9.47 Å². The Hall–Kier alpha value is -3.07. The van der Waals surface area contributed by atoms with Crippen molar-refractivity contribution < 1.29 is 27.5 Å². The van der Waals surface area contributed by atoms with Crippen molar-refractivity contribution in [3.05, 3.63) is 59.7 Å². The second kappa shape index (κ2) is 8.58. The molecule has 2 heterocycles. The van der Waals surface area contributed by atoms with Crippen molar-refractivity contribution in [2.24, 2.45) is 0 Å². The Morgan fingerprint density at radius 2 is 1.58 bits per heavy atom. The van der Waals surface area contributed by atoms with Crippen LogP contribution in [0.5, 0.6) is 11.5 Å². The molecule has 9 heteroatoms. The molecule has 0 N–H and O–H groups in total. The van der Waals surface area contributed by atoms with Gasteiger partial charge in [0.05, 0.1) is 0 Å². The number of carbonyl (C=O) groups is 2. The van der Waals surface area contributed by atoms with E-state index in [1.54, 1.807) is 23.1 Å². The molecule has 2 aromatic carbocycles. The lowest BCUT2D eigenvalue weighted by molar-refractivity contribution is -0.132. The maximum absolute atomic E-state index is 13.0. The smallest absolute Gasteiger partial charge is 0.254 e. The number of amides is 2. The number of rotatable bonds is 5. The molecule has 0 spiro atoms. The SMILES string of the molecule is CS(=O)(=O)[C@H](Cc1ccccc1)C(=O)N1CCN(C(=O)c2ccc3c(c2)OCO3)CC1. The standard InChI is InChI=1S/C22H24N2O6S/c1-31(27,28)20(13-16-5-3-2-4-6-16)22(26)24-11-9-23(10-12-24)21(25)17-7-8-18-19(14-17)30-15-29-18/h2-8,14,20H,9-13,15H2,1H3/t20-/m1/s1. The first-order valence-electron chi connectivity index (χ1n) is 10.0. The summed E-state index contributed by atoms with van der Waals surface area (Å²) in [7, 11) is -3.59. The van der Waals surface area contributed by atoms with Crippen LogP contribution in [0.25, 0.3) is 0 Å². The molecule has 0 bridgehead atoms. The molecule has 0 radical (unpaired) electrons. The lowest BCUT2D eigenvalue weighted by atomic mass is 10.1. The highest BCUT2D eigenvalue weighted by molar-refractivity contribution is 7.92. The minimum atomic E-state index is -3.59. The average Bonchev–Trinajstić information content (AvgIpc) is 3.24. The van der Waals surface area contributed by atoms with Crippen LogP contribution in [0.15, 0.2) is 48.5 Å². The van der Waals surface area contributed by atoms with Gasteiger partial charge in [0, 0.05) is 38.0 Å². The molecular weight excluding hydrogens is 420 g/mol. The molecule has 2 aliphatic heterocycles. The Balaban J connectivity index is 1.41. The van der Waals surface area contributed by atoms with Crippen LogP contribution in [0.1, 0.15) is 15.9 Å². The number of sulfone groups is 1. The van der Waals surface area contributed by atoms with Gasteiger partial charge in [0.2, 0.25) is 12.7 Å². The summed E-state index contributed by atoms with van der Waals surface area (Å²) in [6, 6.07) is 14.2. The Kier molecular flexibility index (Phi) is 5.86. The molecule has 1 atom stereocenters. The zero-order chi connectivity index (χ0) is 22.0. The van der Waals surface area contributed by atoms with E-state index in [9.17, 15) is 18.0 Å². The van der Waals surface area contributed by atoms with Gasteiger partial charge in [-0.15, -0.1) is 0 Å². The van der Waals surface area contributed by atoms with Crippen LogP contribution in [0.2, 0.25) is 0 Å². The van der Waals surface area contributed by atoms with Crippen LogP contribution < -0.4 is 9.47 Å². The molecule has 0 aliphatic carbocycles. The number of hydrogen-bond donors (Lipinski definition) is 0. The summed E-state index contributed by atoms with van der Waals surface area (Å²) in [5, 5.41) is -1.13. The highest BCUT2D eigenvalue weighted by Crippen LogP contribution is 2.32. The largest absolute Gasteiger partial charge is 0.454 e. The van der Waals surface area contributed by atoms with E-state index >= 15 is 0 Å². The molecule has 31 heavy (non-hydrogen) atoms. The number of fused-ring (bicyclic) bond motifs is 1. The van der Waals surface area contributed by atoms with Crippen LogP contribution in [-0.2, 0) is 21.1 Å². The van der Waals surface area contributed by atoms with E-state index in [-0.39, 0.29) is 32.2 Å². The fourth-order valence-corrected chi connectivity index (χ4v) is 4.81. The maximum Gasteiger partial charge on any atom is 0.254 e. The molecule has 164 valence electrons. The second-order valence-corrected chi connectivity index (χ2v) is 9.92. The van der Waals surface area contributed by atoms with Crippen molar-refractivity contribution in [2.75, 3.05) is 39.2 Å². The normalized spacial score (nSPS) is 16.8. The van der Waals surface area contributed by atoms with Gasteiger partial charge >= 0.3 is 0 Å². The third-order valence-electron chi connectivity index (χ3n) is 5.55. The minimum absolute atomic E-state index is 0.134. The van der Waals surface area contributed by atoms with Crippen LogP contribution >= 0.6 is 0 Å². The third kappa shape index (κ3) is 4.66. The molecule has 1 fully saturated rings. The summed E-state index contributed by atoms with van der Waals surface area (Å²) in [4.78, 5) is 29.1. The summed E-state index contributed by atoms with van der Waals surface area (Å²) in [6.45, 7) is 1.38. The molecule has 0 unspecified atom stereocenters. The van der Waals surface area contributed by atoms with Gasteiger partial charge in [0.1, 0.15) is 5.25 Å². The van der Waals surface area contributed by atoms with E-state index in [1.807, 2.05) is 30.3 Å². The fraction of sp³-hybridized carbons (Fsp3) is 0.364. The van der Waals surface area contributed by atoms with Crippen LogP contribution in [0.4, 0.5) is 0 Å². The van der Waals surface area contributed by atoms with Gasteiger partial charge in [0.25, 0.3) is 5.91 Å². The predicted molar refractivity (Wildman–Crippen MR) is 114 cm³/mol. The number of piperazine rings is 1. The lowest BCUT2D eigenvalue weighted by Crippen LogP contribution is -2.54. The summed E-state index contributed by atoms with van der Waals surface area (Å²) >= 11 is 0.